The fourth-order valence-corrected chi connectivity index (χ4v) is 6.19. The molecule has 3 N–H and O–H groups in total. The zero-order valence-corrected chi connectivity index (χ0v) is 23.7. The zero-order chi connectivity index (χ0) is 30.4. The fraction of sp³-hybridized carbons (Fsp3) is 0.321. The van der Waals surface area contributed by atoms with Gasteiger partial charge in [0.25, 0.3) is 5.92 Å². The molecular weight excluding hydrogens is 592 g/mol. The molecule has 5 aromatic rings. The fourth-order valence-electron chi connectivity index (χ4n) is 5.85. The molecule has 0 radical (unpaired) electrons. The van der Waals surface area contributed by atoms with Gasteiger partial charge in [0.1, 0.15) is 40.7 Å². The molecule has 1 saturated carbocycles. The van der Waals surface area contributed by atoms with Crippen molar-refractivity contribution in [3.63, 3.8) is 0 Å². The number of anilines is 2. The van der Waals surface area contributed by atoms with Gasteiger partial charge in [0.05, 0.1) is 43.0 Å². The molecule has 0 saturated heterocycles. The number of hydrogen-bond acceptors (Lipinski definition) is 9. The number of hydrogen-bond donors (Lipinski definition) is 2. The van der Waals surface area contributed by atoms with Crippen LogP contribution in [0.25, 0.3) is 33.1 Å². The first-order valence-corrected chi connectivity index (χ1v) is 13.7. The van der Waals surface area contributed by atoms with Crippen molar-refractivity contribution in [2.45, 2.75) is 44.2 Å². The van der Waals surface area contributed by atoms with Crippen LogP contribution < -0.4 is 20.1 Å². The van der Waals surface area contributed by atoms with Crippen molar-refractivity contribution in [3.05, 3.63) is 52.3 Å². The molecule has 0 spiro atoms. The number of halogens is 5. The van der Waals surface area contributed by atoms with Gasteiger partial charge in [-0.2, -0.15) is 15.1 Å². The number of rotatable bonds is 5. The normalized spacial score (nSPS) is 19.8. The predicted octanol–water partition coefficient (Wildman–Crippen LogP) is 5.96. The second-order valence-electron chi connectivity index (χ2n) is 10.7. The molecule has 1 aliphatic carbocycles. The predicted molar refractivity (Wildman–Crippen MR) is 151 cm³/mol. The Morgan fingerprint density at radius 1 is 1.21 bits per heavy atom. The minimum absolute atomic E-state index is 0.0258. The summed E-state index contributed by atoms with van der Waals surface area (Å²) in [6, 6.07) is 1.55. The summed E-state index contributed by atoms with van der Waals surface area (Å²) in [5.74, 6) is -5.47. The maximum absolute atomic E-state index is 16.8. The summed E-state index contributed by atoms with van der Waals surface area (Å²) in [7, 11) is 1.33. The lowest BCUT2D eigenvalue weighted by molar-refractivity contribution is 0.112. The third kappa shape index (κ3) is 4.18. The number of H-pyrrole nitrogens is 1. The third-order valence-corrected chi connectivity index (χ3v) is 8.32. The summed E-state index contributed by atoms with van der Waals surface area (Å²) in [5, 5.41) is 7.28. The molecule has 5 heterocycles. The second-order valence-corrected chi connectivity index (χ2v) is 11.1. The van der Waals surface area contributed by atoms with Crippen LogP contribution in [0.5, 0.6) is 11.9 Å². The number of methoxy groups -OCH3 is 1. The number of benzene rings is 1. The molecule has 0 amide bonds. The average Bonchev–Trinajstić information content (AvgIpc) is 3.39. The molecule has 0 bridgehead atoms. The number of alkyl halides is 2. The summed E-state index contributed by atoms with van der Waals surface area (Å²) in [6.45, 7) is 3.65. The van der Waals surface area contributed by atoms with E-state index in [-0.39, 0.29) is 62.9 Å². The van der Waals surface area contributed by atoms with Gasteiger partial charge < -0.3 is 20.1 Å². The van der Waals surface area contributed by atoms with Crippen LogP contribution in [0, 0.1) is 11.6 Å². The lowest BCUT2D eigenvalue weighted by atomic mass is 9.95. The summed E-state index contributed by atoms with van der Waals surface area (Å²) < 4.78 is 71.4. The van der Waals surface area contributed by atoms with Gasteiger partial charge >= 0.3 is 6.01 Å². The van der Waals surface area contributed by atoms with E-state index in [2.05, 4.69) is 30.1 Å². The van der Waals surface area contributed by atoms with Crippen LogP contribution in [0.4, 0.5) is 29.2 Å². The molecule has 222 valence electrons. The highest BCUT2D eigenvalue weighted by molar-refractivity contribution is 6.33. The number of aromatic nitrogens is 6. The molecule has 2 aliphatic rings. The van der Waals surface area contributed by atoms with Crippen molar-refractivity contribution < 1.29 is 27.0 Å². The Morgan fingerprint density at radius 3 is 2.70 bits per heavy atom. The highest BCUT2D eigenvalue weighted by Crippen LogP contribution is 2.60. The van der Waals surface area contributed by atoms with Crippen LogP contribution in [0.15, 0.2) is 24.5 Å². The van der Waals surface area contributed by atoms with Crippen molar-refractivity contribution in [1.82, 2.24) is 30.1 Å². The smallest absolute Gasteiger partial charge is 0.318 e. The SMILES string of the molecule is COc1nc2c3c(nc(-c4c(C5CC5(F)F)c(Cl)cc5[nH]ncc45)c(F)c3n1)OC[C@H](C)N2C(C)c1cc(F)cnc1N. The molecule has 10 nitrogen and oxygen atoms in total. The van der Waals surface area contributed by atoms with Crippen LogP contribution in [-0.4, -0.2) is 55.8 Å². The first kappa shape index (κ1) is 27.4. The van der Waals surface area contributed by atoms with Gasteiger partial charge in [-0.15, -0.1) is 0 Å². The van der Waals surface area contributed by atoms with E-state index in [1.165, 1.54) is 25.4 Å². The number of fused-ring (bicyclic) bond motifs is 1. The summed E-state index contributed by atoms with van der Waals surface area (Å²) in [4.78, 5) is 19.1. The Bertz CT molecular complexity index is 1950. The van der Waals surface area contributed by atoms with Crippen LogP contribution >= 0.6 is 11.6 Å². The van der Waals surface area contributed by atoms with E-state index in [9.17, 15) is 13.2 Å². The highest BCUT2D eigenvalue weighted by Gasteiger charge is 2.59. The van der Waals surface area contributed by atoms with Crippen LogP contribution in [0.2, 0.25) is 5.02 Å². The van der Waals surface area contributed by atoms with Crippen molar-refractivity contribution in [2.24, 2.45) is 0 Å². The number of nitrogens with zero attached hydrogens (tertiary/aromatic N) is 6. The number of nitrogens with two attached hydrogens (primary N) is 1. The van der Waals surface area contributed by atoms with Crippen molar-refractivity contribution in [3.8, 4) is 23.1 Å². The molecule has 7 rings (SSSR count). The molecule has 4 aromatic heterocycles. The summed E-state index contributed by atoms with van der Waals surface area (Å²) >= 11 is 6.53. The summed E-state index contributed by atoms with van der Waals surface area (Å²) in [5.41, 5.74) is 6.53. The van der Waals surface area contributed by atoms with Gasteiger partial charge in [0.2, 0.25) is 5.88 Å². The van der Waals surface area contributed by atoms with Gasteiger partial charge in [-0.25, -0.2) is 27.5 Å². The topological polar surface area (TPSA) is 128 Å². The number of ether oxygens (including phenoxy) is 2. The monoisotopic (exact) mass is 614 g/mol. The molecule has 1 fully saturated rings. The minimum atomic E-state index is -3.01. The number of nitrogens with one attached hydrogen (secondary N) is 1. The van der Waals surface area contributed by atoms with Crippen LogP contribution in [0.1, 0.15) is 43.4 Å². The first-order chi connectivity index (χ1) is 20.5. The molecule has 1 aliphatic heterocycles. The Morgan fingerprint density at radius 2 is 1.98 bits per heavy atom. The third-order valence-electron chi connectivity index (χ3n) is 8.01. The highest BCUT2D eigenvalue weighted by atomic mass is 35.5. The van der Waals surface area contributed by atoms with E-state index in [1.54, 1.807) is 11.8 Å². The summed E-state index contributed by atoms with van der Waals surface area (Å²) in [6.07, 6.45) is 1.98. The van der Waals surface area contributed by atoms with E-state index >= 15 is 4.39 Å². The number of pyridine rings is 2. The largest absolute Gasteiger partial charge is 0.475 e. The van der Waals surface area contributed by atoms with Crippen molar-refractivity contribution in [1.29, 1.82) is 0 Å². The zero-order valence-electron chi connectivity index (χ0n) is 22.9. The molecule has 43 heavy (non-hydrogen) atoms. The molecular formula is C28H23ClF4N8O2. The van der Waals surface area contributed by atoms with E-state index in [0.29, 0.717) is 16.5 Å². The van der Waals surface area contributed by atoms with Crippen LogP contribution in [-0.2, 0) is 0 Å². The quantitative estimate of drug-likeness (QED) is 0.231. The van der Waals surface area contributed by atoms with Crippen molar-refractivity contribution in [2.75, 3.05) is 24.4 Å². The van der Waals surface area contributed by atoms with Gasteiger partial charge in [-0.3, -0.25) is 5.10 Å². The van der Waals surface area contributed by atoms with E-state index in [0.717, 1.165) is 6.20 Å². The minimum Gasteiger partial charge on any atom is -0.475 e. The van der Waals surface area contributed by atoms with Crippen LogP contribution in [0.3, 0.4) is 0 Å². The maximum Gasteiger partial charge on any atom is 0.318 e. The molecule has 1 aromatic carbocycles. The lowest BCUT2D eigenvalue weighted by Gasteiger charge is -2.34. The molecule has 2 unspecified atom stereocenters. The average molecular weight is 615 g/mol. The molecule has 3 atom stereocenters. The Balaban J connectivity index is 1.51. The first-order valence-electron chi connectivity index (χ1n) is 13.3. The van der Waals surface area contributed by atoms with Gasteiger partial charge in [-0.05, 0) is 31.5 Å². The Labute approximate surface area is 246 Å². The lowest BCUT2D eigenvalue weighted by Crippen LogP contribution is -2.39. The Hall–Kier alpha value is -4.46. The standard InChI is InChI=1S/C28H23ClF4N8O2/c1-10-9-43-26-20-23(38-27(42-3)39-25(20)41(10)11(2)13-4-12(30)7-35-24(13)34)21(31)22(37-26)18-14-8-36-40-17(14)5-16(29)19(18)15-6-28(15,32)33/h4-5,7-8,10-11,15H,6,9H2,1-3H3,(H2,34,35)(H,36,40)/t10-,11?,15?/m0/s1. The van der Waals surface area contributed by atoms with Gasteiger partial charge in [0.15, 0.2) is 5.82 Å². The van der Waals surface area contributed by atoms with Gasteiger partial charge in [0, 0.05) is 28.0 Å². The second kappa shape index (κ2) is 9.53. The van der Waals surface area contributed by atoms with E-state index in [1.807, 2.05) is 6.92 Å². The number of aromatic amines is 1. The van der Waals surface area contributed by atoms with Crippen molar-refractivity contribution >= 4 is 45.0 Å². The number of nitrogen functional groups attached to an aromatic ring is 1. The molecule has 15 heteroatoms. The Kier molecular flexibility index (Phi) is 6.06. The van der Waals surface area contributed by atoms with Gasteiger partial charge in [-0.1, -0.05) is 11.6 Å². The maximum atomic E-state index is 16.8. The van der Waals surface area contributed by atoms with E-state index in [4.69, 9.17) is 26.8 Å². The van der Waals surface area contributed by atoms with E-state index < -0.39 is 42.0 Å².